The number of nitrogens with one attached hydrogen (secondary N) is 1. The van der Waals surface area contributed by atoms with Crippen LogP contribution < -0.4 is 10.1 Å². The van der Waals surface area contributed by atoms with Crippen molar-refractivity contribution >= 4 is 5.91 Å². The molecule has 0 saturated heterocycles. The first-order valence-electron chi connectivity index (χ1n) is 6.09. The minimum atomic E-state index is -0.468. The summed E-state index contributed by atoms with van der Waals surface area (Å²) in [5, 5.41) is 2.84. The number of aryl methyl sites for hydroxylation is 1. The first kappa shape index (κ1) is 13.6. The van der Waals surface area contributed by atoms with E-state index < -0.39 is 6.10 Å². The highest BCUT2D eigenvalue weighted by molar-refractivity contribution is 5.80. The highest BCUT2D eigenvalue weighted by atomic mass is 16.5. The second kappa shape index (κ2) is 6.28. The first-order chi connectivity index (χ1) is 8.04. The first-order valence-corrected chi connectivity index (χ1v) is 6.09. The van der Waals surface area contributed by atoms with Crippen molar-refractivity contribution in [2.24, 2.45) is 0 Å². The van der Waals surface area contributed by atoms with Crippen LogP contribution in [-0.4, -0.2) is 18.1 Å². The van der Waals surface area contributed by atoms with Gasteiger partial charge in [0.25, 0.3) is 5.91 Å². The van der Waals surface area contributed by atoms with Gasteiger partial charge in [0.05, 0.1) is 0 Å². The summed E-state index contributed by atoms with van der Waals surface area (Å²) in [6, 6.07) is 7.95. The van der Waals surface area contributed by atoms with Gasteiger partial charge in [-0.1, -0.05) is 25.1 Å². The highest BCUT2D eigenvalue weighted by Crippen LogP contribution is 2.19. The molecule has 0 aromatic heterocycles. The van der Waals surface area contributed by atoms with Gasteiger partial charge in [-0.3, -0.25) is 4.79 Å². The van der Waals surface area contributed by atoms with Crippen molar-refractivity contribution in [1.29, 1.82) is 0 Å². The van der Waals surface area contributed by atoms with E-state index >= 15 is 0 Å². The third kappa shape index (κ3) is 4.10. The van der Waals surface area contributed by atoms with Crippen molar-refractivity contribution in [2.45, 2.75) is 46.3 Å². The van der Waals surface area contributed by atoms with Gasteiger partial charge >= 0.3 is 0 Å². The van der Waals surface area contributed by atoms with E-state index in [2.05, 4.69) is 12.2 Å². The number of rotatable bonds is 5. The molecule has 17 heavy (non-hydrogen) atoms. The molecule has 3 heteroatoms. The zero-order valence-electron chi connectivity index (χ0n) is 11.0. The van der Waals surface area contributed by atoms with Gasteiger partial charge in [-0.05, 0) is 38.8 Å². The van der Waals surface area contributed by atoms with Gasteiger partial charge < -0.3 is 10.1 Å². The lowest BCUT2D eigenvalue weighted by Crippen LogP contribution is -2.40. The molecule has 0 aliphatic heterocycles. The maximum Gasteiger partial charge on any atom is 0.260 e. The predicted octanol–water partition coefficient (Wildman–Crippen LogP) is 2.54. The summed E-state index contributed by atoms with van der Waals surface area (Å²) < 4.78 is 5.69. The Morgan fingerprint density at radius 2 is 1.94 bits per heavy atom. The van der Waals surface area contributed by atoms with E-state index in [1.165, 1.54) is 0 Å². The molecular formula is C14H21NO2. The molecule has 94 valence electrons. The summed E-state index contributed by atoms with van der Waals surface area (Å²) in [5.41, 5.74) is 1.12. The van der Waals surface area contributed by atoms with Gasteiger partial charge in [-0.15, -0.1) is 0 Å². The van der Waals surface area contributed by atoms with Crippen molar-refractivity contribution in [3.8, 4) is 5.75 Å². The number of amides is 1. The number of carbonyl (C=O) groups excluding carboxylic acids is 1. The Labute approximate surface area is 103 Å². The third-order valence-corrected chi connectivity index (χ3v) is 2.46. The van der Waals surface area contributed by atoms with Crippen molar-refractivity contribution in [2.75, 3.05) is 0 Å². The summed E-state index contributed by atoms with van der Waals surface area (Å²) >= 11 is 0. The average Bonchev–Trinajstić information content (AvgIpc) is 2.28. The second-order valence-electron chi connectivity index (χ2n) is 4.38. The number of benzene rings is 1. The quantitative estimate of drug-likeness (QED) is 0.851. The Morgan fingerprint density at radius 3 is 2.53 bits per heavy atom. The highest BCUT2D eigenvalue weighted by Gasteiger charge is 2.16. The number of carbonyl (C=O) groups is 1. The molecule has 1 N–H and O–H groups in total. The Balaban J connectivity index is 2.67. The SMILES string of the molecule is CCc1ccccc1O[C@@H](C)C(=O)NC(C)C. The van der Waals surface area contributed by atoms with Gasteiger partial charge in [0.2, 0.25) is 0 Å². The molecule has 3 nitrogen and oxygen atoms in total. The minimum Gasteiger partial charge on any atom is -0.481 e. The lowest BCUT2D eigenvalue weighted by molar-refractivity contribution is -0.127. The fourth-order valence-corrected chi connectivity index (χ4v) is 1.56. The minimum absolute atomic E-state index is 0.0779. The van der Waals surface area contributed by atoms with E-state index in [0.29, 0.717) is 0 Å². The molecule has 1 rings (SSSR count). The summed E-state index contributed by atoms with van der Waals surface area (Å²) in [6.07, 6.45) is 0.430. The van der Waals surface area contributed by atoms with Gasteiger partial charge in [0.1, 0.15) is 5.75 Å². The molecule has 0 aliphatic rings. The normalized spacial score (nSPS) is 12.3. The Hall–Kier alpha value is -1.51. The fourth-order valence-electron chi connectivity index (χ4n) is 1.56. The molecule has 0 spiro atoms. The number of hydrogen-bond acceptors (Lipinski definition) is 2. The Morgan fingerprint density at radius 1 is 1.29 bits per heavy atom. The molecule has 0 fully saturated rings. The Bertz CT molecular complexity index is 374. The van der Waals surface area contributed by atoms with Crippen molar-refractivity contribution in [3.05, 3.63) is 29.8 Å². The van der Waals surface area contributed by atoms with E-state index in [1.807, 2.05) is 38.1 Å². The van der Waals surface area contributed by atoms with Gasteiger partial charge in [0, 0.05) is 6.04 Å². The van der Waals surface area contributed by atoms with E-state index in [-0.39, 0.29) is 11.9 Å². The summed E-state index contributed by atoms with van der Waals surface area (Å²) in [5.74, 6) is 0.715. The van der Waals surface area contributed by atoms with Crippen LogP contribution in [0, 0.1) is 0 Å². The Kier molecular flexibility index (Phi) is 5.01. The van der Waals surface area contributed by atoms with Crippen molar-refractivity contribution in [1.82, 2.24) is 5.32 Å². The van der Waals surface area contributed by atoms with Crippen LogP contribution in [0.3, 0.4) is 0 Å². The molecule has 0 heterocycles. The van der Waals surface area contributed by atoms with Crippen LogP contribution in [0.5, 0.6) is 5.75 Å². The molecule has 1 aromatic carbocycles. The van der Waals surface area contributed by atoms with Crippen molar-refractivity contribution < 1.29 is 9.53 Å². The molecular weight excluding hydrogens is 214 g/mol. The van der Waals surface area contributed by atoms with E-state index in [4.69, 9.17) is 4.74 Å². The van der Waals surface area contributed by atoms with Crippen LogP contribution in [-0.2, 0) is 11.2 Å². The molecule has 0 radical (unpaired) electrons. The summed E-state index contributed by atoms with van der Waals surface area (Å²) in [6.45, 7) is 7.71. The lowest BCUT2D eigenvalue weighted by Gasteiger charge is -2.18. The molecule has 0 aliphatic carbocycles. The van der Waals surface area contributed by atoms with Crippen LogP contribution in [0.15, 0.2) is 24.3 Å². The maximum atomic E-state index is 11.7. The summed E-state index contributed by atoms with van der Waals surface area (Å²) in [4.78, 5) is 11.7. The van der Waals surface area contributed by atoms with Crippen LogP contribution in [0.25, 0.3) is 0 Å². The van der Waals surface area contributed by atoms with E-state index in [1.54, 1.807) is 6.92 Å². The largest absolute Gasteiger partial charge is 0.481 e. The van der Waals surface area contributed by atoms with Gasteiger partial charge in [0.15, 0.2) is 6.10 Å². The molecule has 1 amide bonds. The third-order valence-electron chi connectivity index (χ3n) is 2.46. The molecule has 0 unspecified atom stereocenters. The molecule has 1 aromatic rings. The summed E-state index contributed by atoms with van der Waals surface area (Å²) in [7, 11) is 0. The predicted molar refractivity (Wildman–Crippen MR) is 69.2 cm³/mol. The second-order valence-corrected chi connectivity index (χ2v) is 4.38. The van der Waals surface area contributed by atoms with E-state index in [0.717, 1.165) is 17.7 Å². The van der Waals surface area contributed by atoms with E-state index in [9.17, 15) is 4.79 Å². The van der Waals surface area contributed by atoms with Crippen molar-refractivity contribution in [3.63, 3.8) is 0 Å². The van der Waals surface area contributed by atoms with Crippen LogP contribution in [0.1, 0.15) is 33.3 Å². The average molecular weight is 235 g/mol. The topological polar surface area (TPSA) is 38.3 Å². The van der Waals surface area contributed by atoms with Gasteiger partial charge in [-0.2, -0.15) is 0 Å². The number of para-hydroxylation sites is 1. The maximum absolute atomic E-state index is 11.7. The van der Waals surface area contributed by atoms with Crippen LogP contribution in [0.2, 0.25) is 0 Å². The molecule has 0 saturated carbocycles. The fraction of sp³-hybridized carbons (Fsp3) is 0.500. The van der Waals surface area contributed by atoms with Crippen LogP contribution >= 0.6 is 0 Å². The number of ether oxygens (including phenoxy) is 1. The monoisotopic (exact) mass is 235 g/mol. The van der Waals surface area contributed by atoms with Gasteiger partial charge in [-0.25, -0.2) is 0 Å². The molecule has 1 atom stereocenters. The van der Waals surface area contributed by atoms with Crippen LogP contribution in [0.4, 0.5) is 0 Å². The lowest BCUT2D eigenvalue weighted by atomic mass is 10.1. The zero-order chi connectivity index (χ0) is 12.8. The standard InChI is InChI=1S/C14H21NO2/c1-5-12-8-6-7-9-13(12)17-11(4)14(16)15-10(2)3/h6-11H,5H2,1-4H3,(H,15,16)/t11-/m0/s1. The smallest absolute Gasteiger partial charge is 0.260 e. The molecule has 0 bridgehead atoms. The zero-order valence-corrected chi connectivity index (χ0v) is 11.0. The number of hydrogen-bond donors (Lipinski definition) is 1.